The van der Waals surface area contributed by atoms with Gasteiger partial charge in [0.2, 0.25) is 5.88 Å². The highest BCUT2D eigenvalue weighted by atomic mass is 79.9. The van der Waals surface area contributed by atoms with Gasteiger partial charge >= 0.3 is 0 Å². The summed E-state index contributed by atoms with van der Waals surface area (Å²) < 4.78 is 6.55. The molecule has 120 valence electrons. The molecule has 0 aliphatic carbocycles. The van der Waals surface area contributed by atoms with E-state index in [1.54, 1.807) is 17.2 Å². The molecule has 2 aromatic heterocycles. The zero-order chi connectivity index (χ0) is 16.4. The smallest absolute Gasteiger partial charge is 0.254 e. The van der Waals surface area contributed by atoms with Crippen LogP contribution >= 0.6 is 15.9 Å². The van der Waals surface area contributed by atoms with Crippen LogP contribution in [0.1, 0.15) is 16.8 Å². The summed E-state index contributed by atoms with van der Waals surface area (Å²) in [5.41, 5.74) is -0.358. The van der Waals surface area contributed by atoms with E-state index in [-0.39, 0.29) is 23.5 Å². The number of likely N-dealkylation sites (tertiary alicyclic amines) is 1. The van der Waals surface area contributed by atoms with E-state index in [0.717, 1.165) is 4.47 Å². The van der Waals surface area contributed by atoms with Crippen LogP contribution in [0.4, 0.5) is 0 Å². The minimum atomic E-state index is -0.516. The van der Waals surface area contributed by atoms with Gasteiger partial charge in [0.05, 0.1) is 16.6 Å². The van der Waals surface area contributed by atoms with Crippen LogP contribution in [0.25, 0.3) is 0 Å². The third kappa shape index (κ3) is 3.53. The fourth-order valence-corrected chi connectivity index (χ4v) is 2.81. The second-order valence-electron chi connectivity index (χ2n) is 5.19. The van der Waals surface area contributed by atoms with Crippen LogP contribution < -0.4 is 10.3 Å². The number of H-pyrrole nitrogens is 1. The Hall–Kier alpha value is -2.35. The maximum Gasteiger partial charge on any atom is 0.254 e. The summed E-state index contributed by atoms with van der Waals surface area (Å²) in [5, 5.41) is 9.40. The third-order valence-electron chi connectivity index (χ3n) is 3.51. The quantitative estimate of drug-likeness (QED) is 0.842. The Bertz CT molecular complexity index is 792. The van der Waals surface area contributed by atoms with E-state index in [1.807, 2.05) is 6.07 Å². The predicted molar refractivity (Wildman–Crippen MR) is 85.6 cm³/mol. The molecule has 0 aromatic carbocycles. The molecule has 3 rings (SSSR count). The van der Waals surface area contributed by atoms with Crippen molar-refractivity contribution < 1.29 is 14.6 Å². The van der Waals surface area contributed by atoms with Gasteiger partial charge in [-0.05, 0) is 28.1 Å². The first-order valence-electron chi connectivity index (χ1n) is 7.03. The number of carbonyl (C=O) groups excluding carboxylic acids is 1. The van der Waals surface area contributed by atoms with Crippen LogP contribution in [0.5, 0.6) is 11.8 Å². The van der Waals surface area contributed by atoms with E-state index in [4.69, 9.17) is 4.74 Å². The second kappa shape index (κ2) is 6.41. The highest BCUT2D eigenvalue weighted by molar-refractivity contribution is 9.10. The number of nitrogens with one attached hydrogen (secondary N) is 1. The lowest BCUT2D eigenvalue weighted by Crippen LogP contribution is -2.31. The van der Waals surface area contributed by atoms with Gasteiger partial charge in [-0.25, -0.2) is 4.98 Å². The standard InChI is InChI=1S/C15H14BrN3O4/c16-11-2-1-4-17-14(11)23-10-3-5-19(8-10)15(22)9-6-12(20)18-13(21)7-9/h1-2,4,6-7,10H,3,5,8H2,(H2,18,20,21). The predicted octanol–water partition coefficient (Wildman–Crippen LogP) is 1.53. The lowest BCUT2D eigenvalue weighted by atomic mass is 10.2. The van der Waals surface area contributed by atoms with Crippen molar-refractivity contribution >= 4 is 21.8 Å². The summed E-state index contributed by atoms with van der Waals surface area (Å²) in [6, 6.07) is 6.04. The number of hydrogen-bond donors (Lipinski definition) is 2. The molecule has 0 spiro atoms. The van der Waals surface area contributed by atoms with Crippen molar-refractivity contribution in [3.8, 4) is 11.8 Å². The Balaban J connectivity index is 1.68. The molecule has 23 heavy (non-hydrogen) atoms. The average Bonchev–Trinajstić information content (AvgIpc) is 2.96. The van der Waals surface area contributed by atoms with Crippen LogP contribution in [-0.2, 0) is 0 Å². The Kier molecular flexibility index (Phi) is 4.33. The Labute approximate surface area is 140 Å². The molecular formula is C15H14BrN3O4. The van der Waals surface area contributed by atoms with Crippen molar-refractivity contribution in [1.29, 1.82) is 0 Å². The van der Waals surface area contributed by atoms with E-state index >= 15 is 0 Å². The summed E-state index contributed by atoms with van der Waals surface area (Å²) in [6.45, 7) is 0.914. The van der Waals surface area contributed by atoms with E-state index < -0.39 is 5.56 Å². The molecule has 2 N–H and O–H groups in total. The molecule has 1 atom stereocenters. The number of aromatic nitrogens is 2. The van der Waals surface area contributed by atoms with Gasteiger partial charge in [0.1, 0.15) is 6.10 Å². The number of nitrogens with zero attached hydrogens (tertiary/aromatic N) is 2. The van der Waals surface area contributed by atoms with E-state index in [1.165, 1.54) is 12.1 Å². The van der Waals surface area contributed by atoms with E-state index in [9.17, 15) is 14.7 Å². The lowest BCUT2D eigenvalue weighted by Gasteiger charge is -2.17. The molecular weight excluding hydrogens is 366 g/mol. The topological polar surface area (TPSA) is 95.5 Å². The van der Waals surface area contributed by atoms with Crippen LogP contribution in [0.15, 0.2) is 39.7 Å². The molecule has 3 heterocycles. The summed E-state index contributed by atoms with van der Waals surface area (Å²) in [7, 11) is 0. The molecule has 1 unspecified atom stereocenters. The highest BCUT2D eigenvalue weighted by Crippen LogP contribution is 2.25. The molecule has 0 bridgehead atoms. The number of aromatic hydroxyl groups is 1. The van der Waals surface area contributed by atoms with Gasteiger partial charge in [0.15, 0.2) is 5.88 Å². The van der Waals surface area contributed by atoms with Crippen molar-refractivity contribution in [3.05, 3.63) is 50.9 Å². The normalized spacial score (nSPS) is 17.3. The number of rotatable bonds is 3. The van der Waals surface area contributed by atoms with Crippen LogP contribution in [0.2, 0.25) is 0 Å². The Morgan fingerprint density at radius 2 is 2.30 bits per heavy atom. The largest absolute Gasteiger partial charge is 0.494 e. The first-order chi connectivity index (χ1) is 11.0. The number of amides is 1. The number of carbonyl (C=O) groups is 1. The number of ether oxygens (including phenoxy) is 1. The van der Waals surface area contributed by atoms with Gasteiger partial charge in [0, 0.05) is 31.3 Å². The van der Waals surface area contributed by atoms with E-state index in [2.05, 4.69) is 25.9 Å². The third-order valence-corrected chi connectivity index (χ3v) is 4.12. The number of aromatic amines is 1. The molecule has 1 saturated heterocycles. The molecule has 8 heteroatoms. The van der Waals surface area contributed by atoms with Gasteiger partial charge in [-0.2, -0.15) is 0 Å². The summed E-state index contributed by atoms with van der Waals surface area (Å²) >= 11 is 3.37. The SMILES string of the molecule is O=C(c1cc(O)[nH]c(=O)c1)N1CCC(Oc2ncccc2Br)C1. The van der Waals surface area contributed by atoms with Crippen molar-refractivity contribution in [1.82, 2.24) is 14.9 Å². The zero-order valence-corrected chi connectivity index (χ0v) is 13.6. The van der Waals surface area contributed by atoms with Gasteiger partial charge in [-0.15, -0.1) is 0 Å². The fraction of sp³-hybridized carbons (Fsp3) is 0.267. The van der Waals surface area contributed by atoms with Gasteiger partial charge in [-0.1, -0.05) is 0 Å². The fourth-order valence-electron chi connectivity index (χ4n) is 2.46. The van der Waals surface area contributed by atoms with Crippen LogP contribution in [0, 0.1) is 0 Å². The average molecular weight is 380 g/mol. The first-order valence-corrected chi connectivity index (χ1v) is 7.82. The summed E-state index contributed by atoms with van der Waals surface area (Å²) in [5.74, 6) is -0.150. The minimum Gasteiger partial charge on any atom is -0.494 e. The lowest BCUT2D eigenvalue weighted by molar-refractivity contribution is 0.0770. The second-order valence-corrected chi connectivity index (χ2v) is 6.04. The summed E-state index contributed by atoms with van der Waals surface area (Å²) in [6.07, 6.45) is 2.14. The molecule has 0 radical (unpaired) electrons. The highest BCUT2D eigenvalue weighted by Gasteiger charge is 2.29. The van der Waals surface area contributed by atoms with E-state index in [0.29, 0.717) is 25.4 Å². The zero-order valence-electron chi connectivity index (χ0n) is 12.0. The molecule has 1 amide bonds. The van der Waals surface area contributed by atoms with Crippen LogP contribution in [-0.4, -0.2) is 45.1 Å². The maximum absolute atomic E-state index is 12.4. The van der Waals surface area contributed by atoms with Gasteiger partial charge in [0.25, 0.3) is 11.5 Å². The first kappa shape index (κ1) is 15.5. The van der Waals surface area contributed by atoms with Crippen molar-refractivity contribution in [2.24, 2.45) is 0 Å². The number of pyridine rings is 2. The molecule has 1 fully saturated rings. The van der Waals surface area contributed by atoms with Crippen LogP contribution in [0.3, 0.4) is 0 Å². The Morgan fingerprint density at radius 1 is 1.48 bits per heavy atom. The number of halogens is 1. The molecule has 0 saturated carbocycles. The van der Waals surface area contributed by atoms with Crippen molar-refractivity contribution in [2.45, 2.75) is 12.5 Å². The molecule has 2 aromatic rings. The minimum absolute atomic E-state index is 0.158. The van der Waals surface area contributed by atoms with Gasteiger partial charge < -0.3 is 14.7 Å². The van der Waals surface area contributed by atoms with Crippen molar-refractivity contribution in [3.63, 3.8) is 0 Å². The molecule has 1 aliphatic rings. The molecule has 1 aliphatic heterocycles. The number of hydrogen-bond acceptors (Lipinski definition) is 5. The Morgan fingerprint density at radius 3 is 3.04 bits per heavy atom. The maximum atomic E-state index is 12.4. The monoisotopic (exact) mass is 379 g/mol. The van der Waals surface area contributed by atoms with Crippen molar-refractivity contribution in [2.75, 3.05) is 13.1 Å². The van der Waals surface area contributed by atoms with Gasteiger partial charge in [-0.3, -0.25) is 14.6 Å². The summed E-state index contributed by atoms with van der Waals surface area (Å²) in [4.78, 5) is 31.7. The molecule has 7 nitrogen and oxygen atoms in total.